The molecule has 0 spiro atoms. The number of ether oxygens (including phenoxy) is 1. The number of halogens is 2. The lowest BCUT2D eigenvalue weighted by Gasteiger charge is -2.07. The van der Waals surface area contributed by atoms with Crippen LogP contribution in [0.25, 0.3) is 0 Å². The van der Waals surface area contributed by atoms with Crippen molar-refractivity contribution in [1.82, 2.24) is 0 Å². The van der Waals surface area contributed by atoms with Crippen molar-refractivity contribution in [1.29, 1.82) is 0 Å². The van der Waals surface area contributed by atoms with E-state index in [0.29, 0.717) is 0 Å². The summed E-state index contributed by atoms with van der Waals surface area (Å²) >= 11 is 0. The zero-order valence-corrected chi connectivity index (χ0v) is 10.6. The van der Waals surface area contributed by atoms with E-state index in [4.69, 9.17) is 4.74 Å². The number of Topliss-reactive ketones (excluding diaryl/α,β-unsaturated/α-hetero) is 1. The fourth-order valence-corrected chi connectivity index (χ4v) is 1.66. The first-order valence-corrected chi connectivity index (χ1v) is 5.83. The molecule has 0 aliphatic carbocycles. The first kappa shape index (κ1) is 14.6. The summed E-state index contributed by atoms with van der Waals surface area (Å²) in [5, 5.41) is 10.8. The summed E-state index contributed by atoms with van der Waals surface area (Å²) in [5.41, 5.74) is -0.672. The highest BCUT2D eigenvalue weighted by molar-refractivity contribution is 5.97. The van der Waals surface area contributed by atoms with Gasteiger partial charge in [-0.1, -0.05) is 12.1 Å². The Bertz CT molecular complexity index is 703. The largest absolute Gasteiger partial charge is 0.478 e. The van der Waals surface area contributed by atoms with Crippen LogP contribution in [-0.2, 0) is 0 Å². The fourth-order valence-electron chi connectivity index (χ4n) is 1.66. The molecule has 7 heteroatoms. The molecule has 0 N–H and O–H groups in total. The van der Waals surface area contributed by atoms with E-state index in [9.17, 15) is 23.7 Å². The molecule has 0 bridgehead atoms. The van der Waals surface area contributed by atoms with Crippen LogP contribution in [0.15, 0.2) is 42.5 Å². The third kappa shape index (κ3) is 3.38. The van der Waals surface area contributed by atoms with Crippen molar-refractivity contribution < 1.29 is 23.2 Å². The van der Waals surface area contributed by atoms with Crippen molar-refractivity contribution in [2.45, 2.75) is 0 Å². The minimum atomic E-state index is -0.762. The molecular weight excluding hydrogens is 284 g/mol. The summed E-state index contributed by atoms with van der Waals surface area (Å²) < 4.78 is 31.4. The zero-order valence-electron chi connectivity index (χ0n) is 10.6. The first-order valence-electron chi connectivity index (χ1n) is 5.83. The minimum absolute atomic E-state index is 0.198. The normalized spacial score (nSPS) is 10.2. The van der Waals surface area contributed by atoms with Crippen molar-refractivity contribution in [2.75, 3.05) is 6.61 Å². The van der Waals surface area contributed by atoms with Gasteiger partial charge in [-0.15, -0.1) is 0 Å². The minimum Gasteiger partial charge on any atom is -0.478 e. The van der Waals surface area contributed by atoms with E-state index in [-0.39, 0.29) is 11.3 Å². The Labute approximate surface area is 117 Å². The van der Waals surface area contributed by atoms with Crippen molar-refractivity contribution in [3.8, 4) is 5.75 Å². The van der Waals surface area contributed by atoms with Crippen LogP contribution >= 0.6 is 0 Å². The quantitative estimate of drug-likeness (QED) is 0.482. The molecule has 21 heavy (non-hydrogen) atoms. The molecule has 5 nitrogen and oxygen atoms in total. The van der Waals surface area contributed by atoms with E-state index in [2.05, 4.69) is 0 Å². The Morgan fingerprint density at radius 2 is 1.90 bits per heavy atom. The molecular formula is C14H9F2NO4. The molecule has 0 aliphatic rings. The topological polar surface area (TPSA) is 69.4 Å². The van der Waals surface area contributed by atoms with Gasteiger partial charge in [0.05, 0.1) is 10.5 Å². The van der Waals surface area contributed by atoms with Crippen LogP contribution in [0.2, 0.25) is 0 Å². The van der Waals surface area contributed by atoms with Crippen LogP contribution in [0.3, 0.4) is 0 Å². The predicted octanol–water partition coefficient (Wildman–Crippen LogP) is 3.13. The van der Waals surface area contributed by atoms with E-state index in [0.717, 1.165) is 24.3 Å². The fraction of sp³-hybridized carbons (Fsp3) is 0.0714. The second kappa shape index (κ2) is 6.08. The van der Waals surface area contributed by atoms with Crippen LogP contribution in [0, 0.1) is 21.7 Å². The second-order valence-electron chi connectivity index (χ2n) is 4.06. The summed E-state index contributed by atoms with van der Waals surface area (Å²) in [4.78, 5) is 21.8. The molecule has 0 atom stereocenters. The Morgan fingerprint density at radius 1 is 1.19 bits per heavy atom. The van der Waals surface area contributed by atoms with Crippen LogP contribution in [0.4, 0.5) is 14.5 Å². The maximum absolute atomic E-state index is 13.4. The number of carbonyl (C=O) groups excluding carboxylic acids is 1. The number of nitrogens with zero attached hydrogens (tertiary/aromatic N) is 1. The van der Waals surface area contributed by atoms with Crippen molar-refractivity contribution in [2.24, 2.45) is 0 Å². The van der Waals surface area contributed by atoms with Gasteiger partial charge >= 0.3 is 5.69 Å². The highest BCUT2D eigenvalue weighted by atomic mass is 19.1. The number of carbonyl (C=O) groups is 1. The van der Waals surface area contributed by atoms with Gasteiger partial charge in [-0.25, -0.2) is 8.78 Å². The number of ketones is 1. The zero-order chi connectivity index (χ0) is 15.4. The maximum atomic E-state index is 13.4. The van der Waals surface area contributed by atoms with Gasteiger partial charge in [0.1, 0.15) is 11.6 Å². The Hall–Kier alpha value is -2.83. The molecule has 0 saturated carbocycles. The van der Waals surface area contributed by atoms with E-state index in [1.54, 1.807) is 0 Å². The average molecular weight is 293 g/mol. The summed E-state index contributed by atoms with van der Waals surface area (Å²) in [6, 6.07) is 7.90. The van der Waals surface area contributed by atoms with Gasteiger partial charge in [0.15, 0.2) is 12.4 Å². The number of hydrogen-bond acceptors (Lipinski definition) is 4. The molecule has 2 aromatic carbocycles. The molecule has 0 radical (unpaired) electrons. The summed E-state index contributed by atoms with van der Waals surface area (Å²) in [7, 11) is 0. The lowest BCUT2D eigenvalue weighted by molar-refractivity contribution is -0.385. The molecule has 2 rings (SSSR count). The van der Waals surface area contributed by atoms with Gasteiger partial charge in [0.25, 0.3) is 0 Å². The predicted molar refractivity (Wildman–Crippen MR) is 69.3 cm³/mol. The summed E-state index contributed by atoms with van der Waals surface area (Å²) in [6.07, 6.45) is 0. The molecule has 0 fully saturated rings. The van der Waals surface area contributed by atoms with Crippen LogP contribution in [0.1, 0.15) is 10.4 Å². The van der Waals surface area contributed by atoms with E-state index < -0.39 is 34.6 Å². The second-order valence-corrected chi connectivity index (χ2v) is 4.06. The van der Waals surface area contributed by atoms with Gasteiger partial charge < -0.3 is 4.74 Å². The van der Waals surface area contributed by atoms with E-state index >= 15 is 0 Å². The lowest BCUT2D eigenvalue weighted by atomic mass is 10.1. The average Bonchev–Trinajstić information content (AvgIpc) is 2.45. The lowest BCUT2D eigenvalue weighted by Crippen LogP contribution is -2.13. The molecule has 0 aliphatic heterocycles. The highest BCUT2D eigenvalue weighted by Gasteiger charge is 2.18. The SMILES string of the molecule is O=C(COc1cc(F)ccc1[N+](=O)[O-])c1ccccc1F. The summed E-state index contributed by atoms with van der Waals surface area (Å²) in [5.74, 6) is -2.55. The van der Waals surface area contributed by atoms with Crippen LogP contribution in [0.5, 0.6) is 5.75 Å². The molecule has 0 unspecified atom stereocenters. The van der Waals surface area contributed by atoms with Crippen LogP contribution < -0.4 is 4.74 Å². The third-order valence-corrected chi connectivity index (χ3v) is 2.65. The van der Waals surface area contributed by atoms with Gasteiger partial charge in [-0.05, 0) is 18.2 Å². The number of rotatable bonds is 5. The van der Waals surface area contributed by atoms with Gasteiger partial charge in [0.2, 0.25) is 5.78 Å². The van der Waals surface area contributed by atoms with Crippen molar-refractivity contribution in [3.63, 3.8) is 0 Å². The number of benzene rings is 2. The molecule has 0 aromatic heterocycles. The highest BCUT2D eigenvalue weighted by Crippen LogP contribution is 2.27. The van der Waals surface area contributed by atoms with Crippen molar-refractivity contribution >= 4 is 11.5 Å². The Kier molecular flexibility index (Phi) is 4.22. The number of hydrogen-bond donors (Lipinski definition) is 0. The number of nitro groups is 1. The maximum Gasteiger partial charge on any atom is 0.311 e. The molecule has 108 valence electrons. The molecule has 0 amide bonds. The van der Waals surface area contributed by atoms with E-state index in [1.165, 1.54) is 18.2 Å². The monoisotopic (exact) mass is 293 g/mol. The van der Waals surface area contributed by atoms with Gasteiger partial charge in [-0.2, -0.15) is 0 Å². The Balaban J connectivity index is 2.17. The van der Waals surface area contributed by atoms with Crippen molar-refractivity contribution in [3.05, 3.63) is 69.8 Å². The summed E-state index contributed by atoms with van der Waals surface area (Å²) in [6.45, 7) is -0.634. The standard InChI is InChI=1S/C14H9F2NO4/c15-9-5-6-12(17(19)20)14(7-9)21-8-13(18)10-3-1-2-4-11(10)16/h1-7H,8H2. The molecule has 2 aromatic rings. The molecule has 0 saturated heterocycles. The first-order chi connectivity index (χ1) is 9.99. The smallest absolute Gasteiger partial charge is 0.311 e. The van der Waals surface area contributed by atoms with Crippen LogP contribution in [-0.4, -0.2) is 17.3 Å². The van der Waals surface area contributed by atoms with E-state index in [1.807, 2.05) is 0 Å². The van der Waals surface area contributed by atoms with Gasteiger partial charge in [0, 0.05) is 12.1 Å². The Morgan fingerprint density at radius 3 is 2.57 bits per heavy atom. The molecule has 0 heterocycles. The number of nitro benzene ring substituents is 1. The third-order valence-electron chi connectivity index (χ3n) is 2.65. The van der Waals surface area contributed by atoms with Gasteiger partial charge in [-0.3, -0.25) is 14.9 Å².